The molecule has 7 aliphatic heterocycles. The molecule has 0 radical (unpaired) electrons. The zero-order chi connectivity index (χ0) is 93.5. The number of hydrogen-bond donors (Lipinski definition) is 23. The lowest BCUT2D eigenvalue weighted by molar-refractivity contribution is -0.392. The molecule has 0 aliphatic carbocycles. The van der Waals surface area contributed by atoms with Crippen LogP contribution in [-0.4, -0.2) is 393 Å². The molecule has 40 heteroatoms. The van der Waals surface area contributed by atoms with Crippen LogP contribution in [0.3, 0.4) is 0 Å². The highest BCUT2D eigenvalue weighted by molar-refractivity contribution is 5.76. The summed E-state index contributed by atoms with van der Waals surface area (Å²) in [4.78, 5) is 40.3. The van der Waals surface area contributed by atoms with Crippen molar-refractivity contribution in [3.8, 4) is 0 Å². The second kappa shape index (κ2) is 59.5. The van der Waals surface area contributed by atoms with Crippen molar-refractivity contribution < 1.29 is 183 Å². The standard InChI is InChI=1S/C88H157N3O37/c1-6-8-10-12-14-16-18-20-21-22-23-24-25-26-27-29-31-33-35-37-39-41-60(101)91-52(53(100)40-38-36-34-32-30-28-19-17-15-13-11-9-7-2)48-115-84-73(112)70(109)76(58(46-96)122-84)123-87-74(113)80(66(105)56(44-94)119-87)127-82-61(89-50(4)98)78(65(104)55(43-93)117-82)125-88-75(114)81(67(106)57(45-95)120-88)128-83-62(90-51(5)99)79(126-86-72(111)69(108)64(103)54(42-92)118-86)77(59(47-97)121-83)124-85-71(110)68(107)63(102)49(3)116-85/h20-21,38,40,49,52-59,61-88,92-97,100,102-114H,6-19,22-37,39,41-48H2,1-5H3,(H,89,98)(H,90,99)(H,91,101)/b21-20-,40-38+/t49?,52-,53+,54?,55?,56?,57?,58?,59?,61?,62?,63+,64-,65+,66-,67-,68?,69-,70+,71-,72?,73?,74?,75?,76+,77+,78+,79+,80-,81-,82-,83-,84+,85+,86-,87-,88-/m0/s1. The summed E-state index contributed by atoms with van der Waals surface area (Å²) in [5.41, 5.74) is 0. The number of ether oxygens (including phenoxy) is 14. The maximum absolute atomic E-state index is 13.7. The minimum Gasteiger partial charge on any atom is -0.394 e. The van der Waals surface area contributed by atoms with Crippen molar-refractivity contribution >= 4 is 17.7 Å². The zero-order valence-electron chi connectivity index (χ0n) is 75.1. The van der Waals surface area contributed by atoms with Crippen molar-refractivity contribution in [1.29, 1.82) is 0 Å². The third kappa shape index (κ3) is 33.8. The number of aliphatic hydroxyl groups is 20. The molecule has 746 valence electrons. The van der Waals surface area contributed by atoms with Gasteiger partial charge in [0.15, 0.2) is 44.0 Å². The number of carbonyl (C=O) groups is 3. The van der Waals surface area contributed by atoms with Crippen molar-refractivity contribution in [2.45, 2.75) is 467 Å². The van der Waals surface area contributed by atoms with Crippen LogP contribution in [0.5, 0.6) is 0 Å². The Kier molecular flexibility index (Phi) is 51.9. The molecule has 40 nitrogen and oxygen atoms in total. The van der Waals surface area contributed by atoms with Crippen LogP contribution in [0.1, 0.15) is 240 Å². The molecule has 7 saturated heterocycles. The van der Waals surface area contributed by atoms with E-state index in [1.807, 2.05) is 6.08 Å². The van der Waals surface area contributed by atoms with Gasteiger partial charge in [0.25, 0.3) is 0 Å². The maximum atomic E-state index is 13.7. The van der Waals surface area contributed by atoms with Gasteiger partial charge in [0.1, 0.15) is 165 Å². The second-order valence-corrected chi connectivity index (χ2v) is 35.2. The van der Waals surface area contributed by atoms with Crippen LogP contribution < -0.4 is 16.0 Å². The Labute approximate surface area is 751 Å². The number of nitrogens with one attached hydrogen (secondary N) is 3. The zero-order valence-corrected chi connectivity index (χ0v) is 75.1. The van der Waals surface area contributed by atoms with Crippen molar-refractivity contribution in [2.75, 3.05) is 46.2 Å². The van der Waals surface area contributed by atoms with Crippen LogP contribution in [-0.2, 0) is 80.7 Å². The molecule has 7 aliphatic rings. The molecule has 23 N–H and O–H groups in total. The van der Waals surface area contributed by atoms with Crippen molar-refractivity contribution in [1.82, 2.24) is 16.0 Å². The fourth-order valence-corrected chi connectivity index (χ4v) is 17.3. The predicted octanol–water partition coefficient (Wildman–Crippen LogP) is -1.46. The summed E-state index contributed by atoms with van der Waals surface area (Å²) in [5.74, 6) is -2.21. The van der Waals surface area contributed by atoms with Crippen LogP contribution in [0.4, 0.5) is 0 Å². The Morgan fingerprint density at radius 1 is 0.320 bits per heavy atom. The van der Waals surface area contributed by atoms with E-state index in [4.69, 9.17) is 66.3 Å². The lowest BCUT2D eigenvalue weighted by atomic mass is 9.93. The number of rotatable bonds is 59. The van der Waals surface area contributed by atoms with E-state index in [0.717, 1.165) is 78.1 Å². The average Bonchev–Trinajstić information content (AvgIpc) is 0.762. The van der Waals surface area contributed by atoms with Gasteiger partial charge >= 0.3 is 0 Å². The minimum absolute atomic E-state index is 0.154. The fraction of sp³-hybridized carbons (Fsp3) is 0.920. The molecule has 7 fully saturated rings. The SMILES string of the molecule is CCCCCCCC/C=C\CCCCCCCCCCCCCC(=O)N[C@@H](CO[C@@H]1OC(CO)[C@@H](O[C@@H]2OC(CO)[C@H](O)[C@H](O[C@@H]3OC(CO)[C@@H](O)[C@H](O[C@@H]4OC(CO)[C@H](O)[C@H](O[C@@H]5OC(CO)[C@@H](O[C@H]6OC(C)[C@@H](O)C(O)[C@@H]6O)[C@H](O[C@@H]6OC(CO)[C@H](O)[C@H](O)C6O)C5NC(C)=O)C4O)C3NC(C)=O)C2O)[C@H](O)C1O)[C@H](O)/C=C/CCCCCCCCCCCCC. The summed E-state index contributed by atoms with van der Waals surface area (Å²) in [7, 11) is 0. The first kappa shape index (κ1) is 112. The molecule has 0 bridgehead atoms. The minimum atomic E-state index is -2.39. The number of allylic oxidation sites excluding steroid dienone is 3. The van der Waals surface area contributed by atoms with E-state index < -0.39 is 285 Å². The monoisotopic (exact) mass is 1850 g/mol. The highest BCUT2D eigenvalue weighted by Gasteiger charge is 2.60. The van der Waals surface area contributed by atoms with Crippen LogP contribution in [0.25, 0.3) is 0 Å². The van der Waals surface area contributed by atoms with E-state index in [9.17, 15) is 117 Å². The number of carbonyl (C=O) groups excluding carboxylic acids is 3. The Morgan fingerprint density at radius 2 is 0.641 bits per heavy atom. The summed E-state index contributed by atoms with van der Waals surface area (Å²) in [6.45, 7) is 0.906. The molecule has 0 aromatic rings. The van der Waals surface area contributed by atoms with Crippen LogP contribution in [0.15, 0.2) is 24.3 Å². The summed E-state index contributed by atoms with van der Waals surface area (Å²) in [6, 6.07) is -4.92. The van der Waals surface area contributed by atoms with Gasteiger partial charge in [-0.05, 0) is 51.9 Å². The molecule has 7 rings (SSSR count). The Morgan fingerprint density at radius 3 is 1.09 bits per heavy atom. The van der Waals surface area contributed by atoms with E-state index >= 15 is 0 Å². The third-order valence-electron chi connectivity index (χ3n) is 25.0. The molecule has 14 unspecified atom stereocenters. The van der Waals surface area contributed by atoms with Crippen LogP contribution >= 0.6 is 0 Å². The first-order chi connectivity index (χ1) is 61.5. The summed E-state index contributed by atoms with van der Waals surface area (Å²) < 4.78 is 84.3. The van der Waals surface area contributed by atoms with E-state index in [-0.39, 0.29) is 12.3 Å². The lowest BCUT2D eigenvalue weighted by Crippen LogP contribution is -2.72. The molecule has 0 aromatic heterocycles. The van der Waals surface area contributed by atoms with E-state index in [0.29, 0.717) is 12.8 Å². The Hall–Kier alpha value is -3.47. The van der Waals surface area contributed by atoms with Gasteiger partial charge in [0.05, 0.1) is 64.5 Å². The van der Waals surface area contributed by atoms with Gasteiger partial charge in [0, 0.05) is 20.3 Å². The van der Waals surface area contributed by atoms with Gasteiger partial charge in [-0.15, -0.1) is 0 Å². The molecule has 37 atom stereocenters. The van der Waals surface area contributed by atoms with Gasteiger partial charge in [-0.2, -0.15) is 0 Å². The van der Waals surface area contributed by atoms with Gasteiger partial charge in [0.2, 0.25) is 17.7 Å². The second-order valence-electron chi connectivity index (χ2n) is 35.2. The van der Waals surface area contributed by atoms with Crippen LogP contribution in [0.2, 0.25) is 0 Å². The lowest BCUT2D eigenvalue weighted by Gasteiger charge is -2.52. The van der Waals surface area contributed by atoms with Crippen LogP contribution in [0, 0.1) is 0 Å². The van der Waals surface area contributed by atoms with Crippen molar-refractivity contribution in [3.63, 3.8) is 0 Å². The molecular formula is C88H157N3O37. The average molecular weight is 1850 g/mol. The van der Waals surface area contributed by atoms with Gasteiger partial charge in [-0.3, -0.25) is 14.4 Å². The van der Waals surface area contributed by atoms with E-state index in [1.54, 1.807) is 6.08 Å². The quantitative estimate of drug-likeness (QED) is 0.0244. The first-order valence-electron chi connectivity index (χ1n) is 47.0. The predicted molar refractivity (Wildman–Crippen MR) is 453 cm³/mol. The number of aliphatic hydroxyl groups excluding tert-OH is 20. The molecule has 128 heavy (non-hydrogen) atoms. The smallest absolute Gasteiger partial charge is 0.220 e. The molecule has 3 amide bonds. The number of hydrogen-bond acceptors (Lipinski definition) is 37. The van der Waals surface area contributed by atoms with Gasteiger partial charge in [-0.1, -0.05) is 192 Å². The molecular weight excluding hydrogens is 1690 g/mol. The molecule has 0 aromatic carbocycles. The van der Waals surface area contributed by atoms with Crippen molar-refractivity contribution in [3.05, 3.63) is 24.3 Å². The Bertz CT molecular complexity index is 3070. The normalized spacial score (nSPS) is 37.7. The molecule has 7 heterocycles. The van der Waals surface area contributed by atoms with E-state index in [1.165, 1.54) is 129 Å². The number of amides is 3. The van der Waals surface area contributed by atoms with Crippen molar-refractivity contribution in [2.24, 2.45) is 0 Å². The molecule has 0 spiro atoms. The third-order valence-corrected chi connectivity index (χ3v) is 25.0. The first-order valence-corrected chi connectivity index (χ1v) is 47.0. The highest BCUT2D eigenvalue weighted by Crippen LogP contribution is 2.40. The summed E-state index contributed by atoms with van der Waals surface area (Å²) >= 11 is 0. The van der Waals surface area contributed by atoms with Gasteiger partial charge in [-0.25, -0.2) is 0 Å². The highest BCUT2D eigenvalue weighted by atomic mass is 16.8. The largest absolute Gasteiger partial charge is 0.394 e. The topological polar surface area (TPSA) is 621 Å². The fourth-order valence-electron chi connectivity index (χ4n) is 17.3. The maximum Gasteiger partial charge on any atom is 0.220 e. The molecule has 0 saturated carbocycles. The van der Waals surface area contributed by atoms with Gasteiger partial charge < -0.3 is 184 Å². The summed E-state index contributed by atoms with van der Waals surface area (Å²) in [5, 5.41) is 233. The van der Waals surface area contributed by atoms with E-state index in [2.05, 4.69) is 41.9 Å². The number of unbranched alkanes of at least 4 members (excludes halogenated alkanes) is 28. The Balaban J connectivity index is 1.01. The summed E-state index contributed by atoms with van der Waals surface area (Å²) in [6.07, 6.45) is -22.9.